The topological polar surface area (TPSA) is 244 Å². The van der Waals surface area contributed by atoms with Crippen molar-refractivity contribution in [3.8, 4) is 50.9 Å². The molecule has 0 radical (unpaired) electrons. The molecule has 4 aromatic heterocycles. The zero-order valence-electron chi connectivity index (χ0n) is 44.5. The van der Waals surface area contributed by atoms with Gasteiger partial charge in [-0.05, 0) is 113 Å². The van der Waals surface area contributed by atoms with E-state index < -0.39 is 99.8 Å². The Labute approximate surface area is 506 Å². The van der Waals surface area contributed by atoms with Crippen molar-refractivity contribution in [1.29, 1.82) is 0 Å². The minimum atomic E-state index is -5.20. The molecule has 0 saturated carbocycles. The zero-order chi connectivity index (χ0) is 62.1. The molecule has 11 rings (SSSR count). The van der Waals surface area contributed by atoms with Crippen LogP contribution in [0.2, 0.25) is 10.0 Å². The van der Waals surface area contributed by atoms with E-state index in [1.807, 2.05) is 0 Å². The highest BCUT2D eigenvalue weighted by molar-refractivity contribution is 7.90. The summed E-state index contributed by atoms with van der Waals surface area (Å²) in [5, 5.41) is 7.22. The van der Waals surface area contributed by atoms with Gasteiger partial charge >= 0.3 is 10.1 Å². The number of nitrogens with zero attached hydrogens (tertiary/aromatic N) is 6. The molecular weight excluding hydrogens is 1300 g/mol. The van der Waals surface area contributed by atoms with Crippen LogP contribution in [0.5, 0.6) is 17.2 Å². The molecule has 0 saturated heterocycles. The fourth-order valence-corrected chi connectivity index (χ4v) is 11.0. The van der Waals surface area contributed by atoms with Gasteiger partial charge in [0.05, 0.1) is 41.5 Å². The number of halogens is 11. The highest BCUT2D eigenvalue weighted by atomic mass is 35.5. The van der Waals surface area contributed by atoms with E-state index in [0.29, 0.717) is 10.9 Å². The first kappa shape index (κ1) is 66.7. The number of hydrogen-bond donors (Lipinski definition) is 1. The molecule has 88 heavy (non-hydrogen) atoms. The SMILES string of the molecule is COc1cc(-c2cc(F)cc(Cl)c2)c(F)cc1-n1c(=O)ccc2cc(S(=O)(=O)Cc3ncon3)ccc21.COc1cc(-c2cc(F)cc(Cl)c2)c(F)cc1-n1c(=O)ccc2cc(S(=O)(=O)Oc3c(F)c(F)c(F)c(F)c3F)ccc21.Nc1ncon1.P.P. The van der Waals surface area contributed by atoms with Crippen LogP contribution in [-0.4, -0.2) is 60.5 Å². The third-order valence-corrected chi connectivity index (χ3v) is 15.5. The number of methoxy groups -OCH3 is 2. The van der Waals surface area contributed by atoms with Crippen LogP contribution in [0.3, 0.4) is 0 Å². The molecule has 0 spiro atoms. The van der Waals surface area contributed by atoms with Crippen molar-refractivity contribution in [2.24, 2.45) is 0 Å². The molecule has 11 aromatic rings. The summed E-state index contributed by atoms with van der Waals surface area (Å²) in [7, 11) is -6.46. The second kappa shape index (κ2) is 27.0. The fraction of sp³-hybridized carbons (Fsp3) is 0.0545. The molecular formula is C55H38Cl2F9N7O11P2S2. The van der Waals surface area contributed by atoms with Gasteiger partial charge in [0.25, 0.3) is 17.1 Å². The lowest BCUT2D eigenvalue weighted by Gasteiger charge is -2.17. The molecule has 0 aliphatic rings. The molecule has 2 N–H and O–H groups in total. The third kappa shape index (κ3) is 13.9. The minimum absolute atomic E-state index is 0. The second-order valence-corrected chi connectivity index (χ2v) is 22.0. The number of sulfone groups is 1. The van der Waals surface area contributed by atoms with Gasteiger partial charge in [-0.15, -0.1) is 0 Å². The minimum Gasteiger partial charge on any atom is -0.495 e. The number of hydrogen-bond acceptors (Lipinski definition) is 16. The van der Waals surface area contributed by atoms with Gasteiger partial charge in [0, 0.05) is 56.2 Å². The molecule has 0 amide bonds. The van der Waals surface area contributed by atoms with E-state index in [1.165, 1.54) is 79.8 Å². The number of anilines is 1. The quantitative estimate of drug-likeness (QED) is 0.0393. The molecule has 7 aromatic carbocycles. The predicted octanol–water partition coefficient (Wildman–Crippen LogP) is 11.8. The first-order chi connectivity index (χ1) is 40.8. The van der Waals surface area contributed by atoms with Crippen LogP contribution in [0.25, 0.3) is 55.4 Å². The van der Waals surface area contributed by atoms with Crippen LogP contribution in [0.4, 0.5) is 45.5 Å². The summed E-state index contributed by atoms with van der Waals surface area (Å²) in [6.07, 6.45) is 2.21. The Kier molecular flexibility index (Phi) is 20.5. The van der Waals surface area contributed by atoms with Crippen LogP contribution in [0.1, 0.15) is 5.82 Å². The fourth-order valence-electron chi connectivity index (χ4n) is 8.42. The normalized spacial score (nSPS) is 11.2. The highest BCUT2D eigenvalue weighted by Crippen LogP contribution is 2.38. The summed E-state index contributed by atoms with van der Waals surface area (Å²) < 4.78 is 204. The van der Waals surface area contributed by atoms with Crippen molar-refractivity contribution in [3.05, 3.63) is 223 Å². The number of benzene rings is 7. The number of pyridine rings is 2. The van der Waals surface area contributed by atoms with Crippen LogP contribution in [0.15, 0.2) is 163 Å². The maximum atomic E-state index is 15.3. The number of nitrogen functional groups attached to an aromatic ring is 1. The number of nitrogens with two attached hydrogens (primary N) is 1. The first-order valence-electron chi connectivity index (χ1n) is 23.7. The van der Waals surface area contributed by atoms with Gasteiger partial charge in [0.1, 0.15) is 45.4 Å². The molecule has 2 atom stereocenters. The van der Waals surface area contributed by atoms with Gasteiger partial charge in [-0.1, -0.05) is 28.4 Å². The van der Waals surface area contributed by atoms with Gasteiger partial charge in [-0.3, -0.25) is 18.7 Å². The largest absolute Gasteiger partial charge is 0.495 e. The molecule has 0 fully saturated rings. The van der Waals surface area contributed by atoms with Crippen LogP contribution >= 0.6 is 43.0 Å². The number of ether oxygens (including phenoxy) is 2. The molecule has 0 aliphatic heterocycles. The van der Waals surface area contributed by atoms with Gasteiger partial charge in [-0.2, -0.15) is 47.0 Å². The van der Waals surface area contributed by atoms with Crippen LogP contribution in [-0.2, 0) is 25.7 Å². The first-order valence-corrected chi connectivity index (χ1v) is 27.6. The third-order valence-electron chi connectivity index (χ3n) is 12.2. The molecule has 0 aliphatic carbocycles. The van der Waals surface area contributed by atoms with E-state index in [-0.39, 0.29) is 103 Å². The Hall–Kier alpha value is -8.85. The molecule has 2 unspecified atom stereocenters. The maximum absolute atomic E-state index is 15.3. The van der Waals surface area contributed by atoms with Crippen molar-refractivity contribution in [3.63, 3.8) is 0 Å². The molecule has 0 bridgehead atoms. The van der Waals surface area contributed by atoms with Crippen molar-refractivity contribution in [2.45, 2.75) is 15.5 Å². The molecule has 33 heteroatoms. The Morgan fingerprint density at radius 1 is 0.534 bits per heavy atom. The predicted molar refractivity (Wildman–Crippen MR) is 313 cm³/mol. The summed E-state index contributed by atoms with van der Waals surface area (Å²) in [6, 6.07) is 23.3. The van der Waals surface area contributed by atoms with E-state index in [1.54, 1.807) is 0 Å². The summed E-state index contributed by atoms with van der Waals surface area (Å²) in [5.41, 5.74) is 4.12. The zero-order valence-corrected chi connectivity index (χ0v) is 50.5. The average molecular weight is 1340 g/mol. The van der Waals surface area contributed by atoms with E-state index in [2.05, 4.69) is 33.5 Å². The van der Waals surface area contributed by atoms with Gasteiger partial charge in [0.2, 0.25) is 47.6 Å². The van der Waals surface area contributed by atoms with Gasteiger partial charge < -0.3 is 28.4 Å². The van der Waals surface area contributed by atoms with Crippen molar-refractivity contribution < 1.29 is 79.1 Å². The average Bonchev–Trinajstić information content (AvgIpc) is 2.75. The van der Waals surface area contributed by atoms with Crippen molar-refractivity contribution in [2.75, 3.05) is 20.0 Å². The van der Waals surface area contributed by atoms with Crippen LogP contribution < -0.4 is 30.5 Å². The molecule has 18 nitrogen and oxygen atoms in total. The summed E-state index contributed by atoms with van der Waals surface area (Å²) in [5.74, 6) is -17.6. The highest BCUT2D eigenvalue weighted by Gasteiger charge is 2.32. The van der Waals surface area contributed by atoms with E-state index in [0.717, 1.165) is 77.7 Å². The number of fused-ring (bicyclic) bond motifs is 2. The Bertz CT molecular complexity index is 4780. The van der Waals surface area contributed by atoms with Crippen molar-refractivity contribution >= 4 is 90.7 Å². The smallest absolute Gasteiger partial charge is 0.339 e. The summed E-state index contributed by atoms with van der Waals surface area (Å²) in [6.45, 7) is 0. The number of rotatable bonds is 12. The Morgan fingerprint density at radius 3 is 1.39 bits per heavy atom. The van der Waals surface area contributed by atoms with Gasteiger partial charge in [-0.25, -0.2) is 39.2 Å². The van der Waals surface area contributed by atoms with Gasteiger partial charge in [0.15, 0.2) is 15.7 Å². The Balaban J connectivity index is 0.000000226. The lowest BCUT2D eigenvalue weighted by molar-refractivity contribution is 0.346. The van der Waals surface area contributed by atoms with Crippen LogP contribution in [0, 0.1) is 52.4 Å². The van der Waals surface area contributed by atoms with E-state index in [4.69, 9.17) is 38.4 Å². The number of aromatic nitrogens is 6. The molecule has 4 heterocycles. The van der Waals surface area contributed by atoms with Crippen molar-refractivity contribution in [1.82, 2.24) is 29.4 Å². The maximum Gasteiger partial charge on any atom is 0.339 e. The van der Waals surface area contributed by atoms with E-state index in [9.17, 15) is 57.2 Å². The molecule has 458 valence electrons. The lowest BCUT2D eigenvalue weighted by Crippen LogP contribution is -2.19. The standard InChI is InChI=1S/C28H13ClF7NO5S.C25H16ClF2N3O5S.C2H3N3O.2H3P/c1-41-21-10-17(13-6-14(29)9-15(30)7-13)18(31)11-20(21)37-19-4-3-16(8-12(19)2-5-22(37)38)43(39,40)42-28-26(35)24(33)23(32)25(34)27(28)36;1-35-23-10-19(15-6-16(26)9-17(27)7-15)20(28)11-22(23)31-21-4-3-18(8-14(21)2-5-25(31)32)37(33,34)12-24-29-13-36-30-24;3-2-4-1-6-5-2;;/h2-11H,1H3;2-11,13H,12H2,1H3;1H,(H2,3,5);2*1H3. The second-order valence-electron chi connectivity index (χ2n) is 17.6. The summed E-state index contributed by atoms with van der Waals surface area (Å²) in [4.78, 5) is 32.2. The van der Waals surface area contributed by atoms with E-state index >= 15 is 8.78 Å². The lowest BCUT2D eigenvalue weighted by atomic mass is 10.0. The Morgan fingerprint density at radius 2 is 0.977 bits per heavy atom. The summed E-state index contributed by atoms with van der Waals surface area (Å²) >= 11 is 11.8. The monoisotopic (exact) mass is 1340 g/mol.